The van der Waals surface area contributed by atoms with Crippen molar-refractivity contribution < 1.29 is 8.42 Å². The summed E-state index contributed by atoms with van der Waals surface area (Å²) in [5, 5.41) is 0. The molecule has 0 atom stereocenters. The molecule has 0 amide bonds. The molecular weight excluding hydrogens is 258 g/mol. The van der Waals surface area contributed by atoms with Crippen molar-refractivity contribution in [3.8, 4) is 0 Å². The van der Waals surface area contributed by atoms with Gasteiger partial charge in [-0.25, -0.2) is 13.1 Å². The van der Waals surface area contributed by atoms with Gasteiger partial charge in [-0.15, -0.1) is 0 Å². The van der Waals surface area contributed by atoms with Crippen LogP contribution < -0.4 is 4.72 Å². The van der Waals surface area contributed by atoms with Crippen molar-refractivity contribution in [1.29, 1.82) is 0 Å². The maximum absolute atomic E-state index is 12.0. The summed E-state index contributed by atoms with van der Waals surface area (Å²) in [6, 6.07) is 9.81. The van der Waals surface area contributed by atoms with E-state index in [0.29, 0.717) is 6.42 Å². The van der Waals surface area contributed by atoms with Crippen LogP contribution in [0.4, 0.5) is 0 Å². The van der Waals surface area contributed by atoms with Crippen molar-refractivity contribution in [2.45, 2.75) is 38.1 Å². The van der Waals surface area contributed by atoms with Crippen molar-refractivity contribution in [2.75, 3.05) is 5.75 Å². The van der Waals surface area contributed by atoms with Gasteiger partial charge in [0.1, 0.15) is 0 Å². The normalized spacial score (nSPS) is 17.6. The first-order valence-corrected chi connectivity index (χ1v) is 8.41. The van der Waals surface area contributed by atoms with E-state index in [0.717, 1.165) is 31.2 Å². The van der Waals surface area contributed by atoms with Crippen molar-refractivity contribution in [1.82, 2.24) is 4.72 Å². The Kier molecular flexibility index (Phi) is 4.77. The van der Waals surface area contributed by atoms with E-state index in [9.17, 15) is 8.42 Å². The Bertz CT molecular complexity index is 512. The quantitative estimate of drug-likeness (QED) is 0.842. The Balaban J connectivity index is 1.83. The Morgan fingerprint density at radius 3 is 2.42 bits per heavy atom. The molecular formula is C15H21NO2S. The molecule has 1 aromatic carbocycles. The molecule has 1 fully saturated rings. The molecule has 0 aliphatic heterocycles. The lowest BCUT2D eigenvalue weighted by atomic mass is 9.93. The van der Waals surface area contributed by atoms with E-state index in [2.05, 4.69) is 11.3 Å². The molecule has 0 spiro atoms. The molecule has 19 heavy (non-hydrogen) atoms. The standard InChI is InChI=1S/C15H21NO2S/c1-13-7-9-15(10-8-13)16-19(17,18)12-11-14-5-3-2-4-6-14/h2-6,15-16H,1,7-12H2. The Morgan fingerprint density at radius 2 is 1.79 bits per heavy atom. The van der Waals surface area contributed by atoms with Crippen LogP contribution in [-0.2, 0) is 16.4 Å². The lowest BCUT2D eigenvalue weighted by Crippen LogP contribution is -2.38. The summed E-state index contributed by atoms with van der Waals surface area (Å²) in [6.07, 6.45) is 4.19. The molecule has 104 valence electrons. The van der Waals surface area contributed by atoms with Crippen LogP contribution in [0, 0.1) is 0 Å². The second kappa shape index (κ2) is 6.35. The van der Waals surface area contributed by atoms with E-state index < -0.39 is 10.0 Å². The monoisotopic (exact) mass is 279 g/mol. The molecule has 1 aliphatic carbocycles. The van der Waals surface area contributed by atoms with Crippen molar-refractivity contribution in [3.63, 3.8) is 0 Å². The predicted octanol–water partition coefficient (Wildman–Crippen LogP) is 2.65. The summed E-state index contributed by atoms with van der Waals surface area (Å²) in [7, 11) is -3.18. The van der Waals surface area contributed by atoms with Gasteiger partial charge in [0, 0.05) is 6.04 Å². The number of benzene rings is 1. The topological polar surface area (TPSA) is 46.2 Å². The average molecular weight is 279 g/mol. The number of nitrogens with one attached hydrogen (secondary N) is 1. The Labute approximate surface area is 115 Å². The molecule has 2 rings (SSSR count). The third kappa shape index (κ3) is 4.80. The third-order valence-corrected chi connectivity index (χ3v) is 4.98. The minimum atomic E-state index is -3.18. The van der Waals surface area contributed by atoms with E-state index in [1.807, 2.05) is 30.3 Å². The largest absolute Gasteiger partial charge is 0.212 e. The summed E-state index contributed by atoms with van der Waals surface area (Å²) in [4.78, 5) is 0. The summed E-state index contributed by atoms with van der Waals surface area (Å²) in [5.74, 6) is 0.161. The summed E-state index contributed by atoms with van der Waals surface area (Å²) in [5.41, 5.74) is 2.30. The van der Waals surface area contributed by atoms with E-state index in [1.54, 1.807) is 0 Å². The van der Waals surface area contributed by atoms with Gasteiger partial charge in [-0.2, -0.15) is 0 Å². The van der Waals surface area contributed by atoms with E-state index in [1.165, 1.54) is 5.57 Å². The first-order valence-electron chi connectivity index (χ1n) is 6.76. The highest BCUT2D eigenvalue weighted by molar-refractivity contribution is 7.89. The van der Waals surface area contributed by atoms with Crippen molar-refractivity contribution in [3.05, 3.63) is 48.0 Å². The minimum Gasteiger partial charge on any atom is -0.212 e. The molecule has 1 N–H and O–H groups in total. The number of allylic oxidation sites excluding steroid dienone is 1. The van der Waals surface area contributed by atoms with Crippen LogP contribution in [0.1, 0.15) is 31.2 Å². The van der Waals surface area contributed by atoms with E-state index >= 15 is 0 Å². The Morgan fingerprint density at radius 1 is 1.16 bits per heavy atom. The fourth-order valence-electron chi connectivity index (χ4n) is 2.35. The average Bonchev–Trinajstić information content (AvgIpc) is 2.40. The summed E-state index contributed by atoms with van der Waals surface area (Å²) in [6.45, 7) is 3.94. The van der Waals surface area contributed by atoms with Crippen LogP contribution in [0.5, 0.6) is 0 Å². The summed E-state index contributed by atoms with van der Waals surface area (Å²) >= 11 is 0. The zero-order chi connectivity index (χ0) is 13.7. The maximum Gasteiger partial charge on any atom is 0.212 e. The van der Waals surface area contributed by atoms with Crippen LogP contribution in [0.3, 0.4) is 0 Å². The first-order chi connectivity index (χ1) is 9.05. The molecule has 1 aromatic rings. The fraction of sp³-hybridized carbons (Fsp3) is 0.467. The maximum atomic E-state index is 12.0. The van der Waals surface area contributed by atoms with Crippen molar-refractivity contribution in [2.24, 2.45) is 0 Å². The minimum absolute atomic E-state index is 0.0891. The highest BCUT2D eigenvalue weighted by atomic mass is 32.2. The van der Waals surface area contributed by atoms with Crippen molar-refractivity contribution >= 4 is 10.0 Å². The van der Waals surface area contributed by atoms with Crippen LogP contribution >= 0.6 is 0 Å². The molecule has 1 aliphatic rings. The molecule has 0 radical (unpaired) electrons. The van der Waals surface area contributed by atoms with Gasteiger partial charge in [0.2, 0.25) is 10.0 Å². The lowest BCUT2D eigenvalue weighted by molar-refractivity contribution is 0.466. The van der Waals surface area contributed by atoms with Gasteiger partial charge in [0.05, 0.1) is 5.75 Å². The lowest BCUT2D eigenvalue weighted by Gasteiger charge is -2.24. The number of hydrogen-bond acceptors (Lipinski definition) is 2. The second-order valence-corrected chi connectivity index (χ2v) is 7.07. The molecule has 4 heteroatoms. The molecule has 0 heterocycles. The number of aryl methyl sites for hydroxylation is 1. The number of sulfonamides is 1. The zero-order valence-corrected chi connectivity index (χ0v) is 12.0. The van der Waals surface area contributed by atoms with Gasteiger partial charge in [-0.1, -0.05) is 42.5 Å². The predicted molar refractivity (Wildman–Crippen MR) is 78.5 cm³/mol. The number of hydrogen-bond donors (Lipinski definition) is 1. The summed E-state index contributed by atoms with van der Waals surface area (Å²) < 4.78 is 26.9. The van der Waals surface area contributed by atoms with Crippen LogP contribution in [0.25, 0.3) is 0 Å². The SMILES string of the molecule is C=C1CCC(NS(=O)(=O)CCc2ccccc2)CC1. The van der Waals surface area contributed by atoms with Gasteiger partial charge < -0.3 is 0 Å². The van der Waals surface area contributed by atoms with Gasteiger partial charge in [-0.05, 0) is 37.7 Å². The highest BCUT2D eigenvalue weighted by Crippen LogP contribution is 2.22. The van der Waals surface area contributed by atoms with E-state index in [-0.39, 0.29) is 11.8 Å². The van der Waals surface area contributed by atoms with Gasteiger partial charge in [-0.3, -0.25) is 0 Å². The molecule has 1 saturated carbocycles. The zero-order valence-electron chi connectivity index (χ0n) is 11.1. The first kappa shape index (κ1) is 14.3. The molecule has 0 saturated heterocycles. The Hall–Kier alpha value is -1.13. The molecule has 0 aromatic heterocycles. The fourth-order valence-corrected chi connectivity index (χ4v) is 3.72. The molecule has 0 unspecified atom stereocenters. The van der Waals surface area contributed by atoms with E-state index in [4.69, 9.17) is 0 Å². The molecule has 3 nitrogen and oxygen atoms in total. The van der Waals surface area contributed by atoms with Gasteiger partial charge in [0.15, 0.2) is 0 Å². The number of rotatable bonds is 5. The highest BCUT2D eigenvalue weighted by Gasteiger charge is 2.21. The van der Waals surface area contributed by atoms with Gasteiger partial charge >= 0.3 is 0 Å². The molecule has 0 bridgehead atoms. The van der Waals surface area contributed by atoms with Crippen LogP contribution in [-0.4, -0.2) is 20.2 Å². The van der Waals surface area contributed by atoms with Crippen LogP contribution in [0.2, 0.25) is 0 Å². The third-order valence-electron chi connectivity index (χ3n) is 3.54. The van der Waals surface area contributed by atoms with Crippen LogP contribution in [0.15, 0.2) is 42.5 Å². The smallest absolute Gasteiger partial charge is 0.212 e. The van der Waals surface area contributed by atoms with Gasteiger partial charge in [0.25, 0.3) is 0 Å². The second-order valence-electron chi connectivity index (χ2n) is 5.20.